The molecule has 1 aromatic rings. The monoisotopic (exact) mass is 210 g/mol. The summed E-state index contributed by atoms with van der Waals surface area (Å²) in [5.74, 6) is -0.170. The Bertz CT molecular complexity index is 324. The molecule has 1 rings (SSSR count). The van der Waals surface area contributed by atoms with Crippen LogP contribution in [0.25, 0.3) is 0 Å². The van der Waals surface area contributed by atoms with Crippen molar-refractivity contribution < 1.29 is 14.6 Å². The lowest BCUT2D eigenvalue weighted by Gasteiger charge is -2.10. The minimum atomic E-state index is -0.691. The second-order valence-electron chi connectivity index (χ2n) is 3.10. The summed E-state index contributed by atoms with van der Waals surface area (Å²) in [5.41, 5.74) is 6.11. The van der Waals surface area contributed by atoms with E-state index in [1.54, 1.807) is 12.1 Å². The van der Waals surface area contributed by atoms with Gasteiger partial charge in [-0.1, -0.05) is 0 Å². The van der Waals surface area contributed by atoms with Crippen molar-refractivity contribution in [2.24, 2.45) is 5.73 Å². The van der Waals surface area contributed by atoms with Crippen LogP contribution in [0.4, 0.5) is 5.69 Å². The van der Waals surface area contributed by atoms with Gasteiger partial charge in [-0.15, -0.1) is 0 Å². The number of carbonyl (C=O) groups excluding carboxylic acids is 1. The zero-order valence-corrected chi connectivity index (χ0v) is 8.43. The number of nitrogens with two attached hydrogens (primary N) is 1. The summed E-state index contributed by atoms with van der Waals surface area (Å²) in [4.78, 5) is 11.4. The van der Waals surface area contributed by atoms with Gasteiger partial charge in [0.1, 0.15) is 11.8 Å². The van der Waals surface area contributed by atoms with Crippen molar-refractivity contribution in [1.82, 2.24) is 0 Å². The lowest BCUT2D eigenvalue weighted by atomic mass is 10.2. The first-order valence-electron chi connectivity index (χ1n) is 4.48. The molecule has 5 heteroatoms. The molecule has 82 valence electrons. The smallest absolute Gasteiger partial charge is 0.243 e. The van der Waals surface area contributed by atoms with Gasteiger partial charge >= 0.3 is 0 Å². The molecule has 15 heavy (non-hydrogen) atoms. The van der Waals surface area contributed by atoms with E-state index >= 15 is 0 Å². The number of carbonyl (C=O) groups is 1. The van der Waals surface area contributed by atoms with Gasteiger partial charge < -0.3 is 20.9 Å². The molecule has 0 aliphatic carbocycles. The molecular weight excluding hydrogens is 196 g/mol. The van der Waals surface area contributed by atoms with Crippen LogP contribution in [0, 0.1) is 0 Å². The van der Waals surface area contributed by atoms with Crippen LogP contribution >= 0.6 is 0 Å². The number of hydrogen-bond acceptors (Lipinski definition) is 4. The predicted octanol–water partition coefficient (Wildman–Crippen LogP) is 0.304. The Morgan fingerprint density at radius 2 is 2.13 bits per heavy atom. The number of phenols is 1. The van der Waals surface area contributed by atoms with Crippen molar-refractivity contribution in [3.05, 3.63) is 24.3 Å². The summed E-state index contributed by atoms with van der Waals surface area (Å²) in [6.45, 7) is 0.171. The Balaban J connectivity index is 2.54. The SMILES string of the molecule is COCC(N)C(=O)Nc1ccc(O)cc1. The highest BCUT2D eigenvalue weighted by molar-refractivity contribution is 5.94. The van der Waals surface area contributed by atoms with Gasteiger partial charge in [-0.25, -0.2) is 0 Å². The highest BCUT2D eigenvalue weighted by atomic mass is 16.5. The number of ether oxygens (including phenoxy) is 1. The topological polar surface area (TPSA) is 84.6 Å². The third-order valence-electron chi connectivity index (χ3n) is 1.82. The first kappa shape index (κ1) is 11.5. The Kier molecular flexibility index (Phi) is 4.08. The summed E-state index contributed by atoms with van der Waals surface area (Å²) in [5, 5.41) is 11.6. The molecule has 4 N–H and O–H groups in total. The molecule has 0 spiro atoms. The zero-order chi connectivity index (χ0) is 11.3. The molecule has 0 aliphatic heterocycles. The van der Waals surface area contributed by atoms with Gasteiger partial charge in [0.2, 0.25) is 5.91 Å². The van der Waals surface area contributed by atoms with Crippen LogP contribution in [-0.2, 0) is 9.53 Å². The van der Waals surface area contributed by atoms with Crippen LogP contribution in [-0.4, -0.2) is 30.8 Å². The van der Waals surface area contributed by atoms with Crippen LogP contribution in [0.3, 0.4) is 0 Å². The fourth-order valence-corrected chi connectivity index (χ4v) is 1.03. The third-order valence-corrected chi connectivity index (χ3v) is 1.82. The molecular formula is C10H14N2O3. The van der Waals surface area contributed by atoms with E-state index in [1.807, 2.05) is 0 Å². The van der Waals surface area contributed by atoms with E-state index in [0.717, 1.165) is 0 Å². The number of nitrogens with one attached hydrogen (secondary N) is 1. The Hall–Kier alpha value is -1.59. The van der Waals surface area contributed by atoms with Crippen LogP contribution in [0.2, 0.25) is 0 Å². The van der Waals surface area contributed by atoms with E-state index < -0.39 is 6.04 Å². The number of phenolic OH excluding ortho intramolecular Hbond substituents is 1. The molecule has 5 nitrogen and oxygen atoms in total. The lowest BCUT2D eigenvalue weighted by Crippen LogP contribution is -2.39. The predicted molar refractivity (Wildman–Crippen MR) is 56.6 cm³/mol. The summed E-state index contributed by atoms with van der Waals surface area (Å²) in [6.07, 6.45) is 0. The second-order valence-corrected chi connectivity index (χ2v) is 3.10. The number of anilines is 1. The number of hydrogen-bond donors (Lipinski definition) is 3. The standard InChI is InChI=1S/C10H14N2O3/c1-15-6-9(11)10(14)12-7-2-4-8(13)5-3-7/h2-5,9,13H,6,11H2,1H3,(H,12,14). The maximum atomic E-state index is 11.4. The van der Waals surface area contributed by atoms with Crippen molar-refractivity contribution in [3.63, 3.8) is 0 Å². The molecule has 1 unspecified atom stereocenters. The molecule has 0 saturated carbocycles. The first-order valence-corrected chi connectivity index (χ1v) is 4.48. The number of benzene rings is 1. The van der Waals surface area contributed by atoms with Gasteiger partial charge in [0.05, 0.1) is 6.61 Å². The van der Waals surface area contributed by atoms with E-state index in [2.05, 4.69) is 5.32 Å². The van der Waals surface area contributed by atoms with Crippen molar-refractivity contribution in [3.8, 4) is 5.75 Å². The summed E-state index contributed by atoms with van der Waals surface area (Å²) >= 11 is 0. The molecule has 0 bridgehead atoms. The molecule has 1 amide bonds. The van der Waals surface area contributed by atoms with Gasteiger partial charge in [0.25, 0.3) is 0 Å². The maximum absolute atomic E-state index is 11.4. The number of amides is 1. The van der Waals surface area contributed by atoms with Gasteiger partial charge in [0, 0.05) is 12.8 Å². The quantitative estimate of drug-likeness (QED) is 0.624. The van der Waals surface area contributed by atoms with Crippen molar-refractivity contribution in [2.45, 2.75) is 6.04 Å². The second kappa shape index (κ2) is 5.33. The highest BCUT2D eigenvalue weighted by Gasteiger charge is 2.12. The van der Waals surface area contributed by atoms with Gasteiger partial charge in [-0.3, -0.25) is 4.79 Å². The maximum Gasteiger partial charge on any atom is 0.243 e. The normalized spacial score (nSPS) is 12.1. The minimum Gasteiger partial charge on any atom is -0.508 e. The van der Waals surface area contributed by atoms with E-state index in [4.69, 9.17) is 15.6 Å². The van der Waals surface area contributed by atoms with E-state index in [0.29, 0.717) is 5.69 Å². The van der Waals surface area contributed by atoms with E-state index in [1.165, 1.54) is 19.2 Å². The molecule has 0 heterocycles. The van der Waals surface area contributed by atoms with Crippen LogP contribution in [0.15, 0.2) is 24.3 Å². The Morgan fingerprint density at radius 3 is 2.67 bits per heavy atom. The number of aromatic hydroxyl groups is 1. The van der Waals surface area contributed by atoms with Crippen molar-refractivity contribution >= 4 is 11.6 Å². The zero-order valence-electron chi connectivity index (χ0n) is 8.43. The summed E-state index contributed by atoms with van der Waals surface area (Å²) in [6, 6.07) is 5.46. The molecule has 0 aliphatic rings. The van der Waals surface area contributed by atoms with Crippen LogP contribution in [0.1, 0.15) is 0 Å². The number of methoxy groups -OCH3 is 1. The van der Waals surface area contributed by atoms with E-state index in [9.17, 15) is 4.79 Å². The third kappa shape index (κ3) is 3.57. The molecule has 0 fully saturated rings. The van der Waals surface area contributed by atoms with Gasteiger partial charge in [-0.05, 0) is 24.3 Å². The fraction of sp³-hybridized carbons (Fsp3) is 0.300. The van der Waals surface area contributed by atoms with E-state index in [-0.39, 0.29) is 18.3 Å². The average Bonchev–Trinajstić information content (AvgIpc) is 2.22. The Morgan fingerprint density at radius 1 is 1.53 bits per heavy atom. The highest BCUT2D eigenvalue weighted by Crippen LogP contribution is 2.13. The first-order chi connectivity index (χ1) is 7.13. The summed E-state index contributed by atoms with van der Waals surface area (Å²) < 4.78 is 4.76. The van der Waals surface area contributed by atoms with Crippen LogP contribution in [0.5, 0.6) is 5.75 Å². The molecule has 0 saturated heterocycles. The molecule has 1 atom stereocenters. The molecule has 1 aromatic carbocycles. The van der Waals surface area contributed by atoms with Gasteiger partial charge in [0.15, 0.2) is 0 Å². The largest absolute Gasteiger partial charge is 0.508 e. The van der Waals surface area contributed by atoms with Crippen molar-refractivity contribution in [2.75, 3.05) is 19.0 Å². The van der Waals surface area contributed by atoms with Crippen molar-refractivity contribution in [1.29, 1.82) is 0 Å². The minimum absolute atomic E-state index is 0.147. The fourth-order valence-electron chi connectivity index (χ4n) is 1.03. The lowest BCUT2D eigenvalue weighted by molar-refractivity contribution is -0.118. The average molecular weight is 210 g/mol. The van der Waals surface area contributed by atoms with Crippen LogP contribution < -0.4 is 11.1 Å². The molecule has 0 aromatic heterocycles. The Labute approximate surface area is 87.9 Å². The number of rotatable bonds is 4. The summed E-state index contributed by atoms with van der Waals surface area (Å²) in [7, 11) is 1.48. The molecule has 0 radical (unpaired) electrons. The van der Waals surface area contributed by atoms with Gasteiger partial charge in [-0.2, -0.15) is 0 Å².